The van der Waals surface area contributed by atoms with Crippen LogP contribution in [0.1, 0.15) is 13.3 Å². The lowest BCUT2D eigenvalue weighted by molar-refractivity contribution is -0.269. The van der Waals surface area contributed by atoms with Crippen LogP contribution in [0.2, 0.25) is 0 Å². The van der Waals surface area contributed by atoms with E-state index in [1.54, 1.807) is 6.92 Å². The highest BCUT2D eigenvalue weighted by molar-refractivity contribution is 5.86. The predicted molar refractivity (Wildman–Crippen MR) is 63.4 cm³/mol. The molecule has 0 unspecified atom stereocenters. The molecular weight excluding hydrogens is 220 g/mol. The Morgan fingerprint density at radius 2 is 1.94 bits per heavy atom. The molecule has 0 saturated heterocycles. The maximum Gasteiger partial charge on any atom is 0.368 e. The zero-order valence-corrected chi connectivity index (χ0v) is 9.85. The van der Waals surface area contributed by atoms with Gasteiger partial charge in [0, 0.05) is 12.0 Å². The minimum Gasteiger partial charge on any atom is -0.494 e. The van der Waals surface area contributed by atoms with E-state index in [4.69, 9.17) is 9.62 Å². The largest absolute Gasteiger partial charge is 0.494 e. The number of benzene rings is 1. The average molecular weight is 236 g/mol. The van der Waals surface area contributed by atoms with E-state index in [1.165, 1.54) is 0 Å². The van der Waals surface area contributed by atoms with Crippen molar-refractivity contribution >= 4 is 5.97 Å². The fraction of sp³-hybridized carbons (Fsp3) is 0.308. The summed E-state index contributed by atoms with van der Waals surface area (Å²) in [5, 5.41) is 0. The highest BCUT2D eigenvalue weighted by atomic mass is 17.2. The van der Waals surface area contributed by atoms with Crippen molar-refractivity contribution in [3.8, 4) is 5.75 Å². The van der Waals surface area contributed by atoms with Crippen molar-refractivity contribution in [2.45, 2.75) is 13.3 Å². The number of para-hydroxylation sites is 1. The first-order valence-electron chi connectivity index (χ1n) is 5.37. The zero-order valence-electron chi connectivity index (χ0n) is 9.85. The Hall–Kier alpha value is -1.81. The fourth-order valence-electron chi connectivity index (χ4n) is 0.991. The third-order valence-electron chi connectivity index (χ3n) is 1.87. The van der Waals surface area contributed by atoms with E-state index in [1.807, 2.05) is 30.3 Å². The van der Waals surface area contributed by atoms with E-state index in [0.29, 0.717) is 25.2 Å². The van der Waals surface area contributed by atoms with E-state index in [9.17, 15) is 4.79 Å². The predicted octanol–water partition coefficient (Wildman–Crippen LogP) is 2.51. The molecule has 0 saturated carbocycles. The molecule has 0 atom stereocenters. The molecule has 0 radical (unpaired) electrons. The molecule has 0 aliphatic carbocycles. The van der Waals surface area contributed by atoms with E-state index in [2.05, 4.69) is 11.5 Å². The van der Waals surface area contributed by atoms with Gasteiger partial charge in [-0.1, -0.05) is 24.8 Å². The third kappa shape index (κ3) is 5.73. The molecule has 0 fully saturated rings. The van der Waals surface area contributed by atoms with Crippen molar-refractivity contribution < 1.29 is 19.3 Å². The molecule has 0 bridgehead atoms. The fourth-order valence-corrected chi connectivity index (χ4v) is 0.991. The minimum atomic E-state index is -0.547. The van der Waals surface area contributed by atoms with Crippen molar-refractivity contribution in [2.75, 3.05) is 13.2 Å². The van der Waals surface area contributed by atoms with Crippen molar-refractivity contribution in [3.63, 3.8) is 0 Å². The topological polar surface area (TPSA) is 44.8 Å². The normalized spacial score (nSPS) is 9.71. The van der Waals surface area contributed by atoms with Gasteiger partial charge in [0.2, 0.25) is 0 Å². The molecule has 1 aromatic carbocycles. The van der Waals surface area contributed by atoms with Gasteiger partial charge in [-0.05, 0) is 19.1 Å². The van der Waals surface area contributed by atoms with E-state index in [0.717, 1.165) is 5.75 Å². The van der Waals surface area contributed by atoms with E-state index < -0.39 is 5.97 Å². The second kappa shape index (κ2) is 7.46. The first kappa shape index (κ1) is 13.3. The maximum absolute atomic E-state index is 10.9. The summed E-state index contributed by atoms with van der Waals surface area (Å²) in [5.41, 5.74) is 0.311. The second-order valence-electron chi connectivity index (χ2n) is 3.49. The monoisotopic (exact) mass is 236 g/mol. The Morgan fingerprint density at radius 1 is 1.24 bits per heavy atom. The Balaban J connectivity index is 2.02. The highest BCUT2D eigenvalue weighted by Crippen LogP contribution is 2.08. The molecule has 0 aliphatic heterocycles. The molecule has 1 aromatic rings. The molecule has 0 spiro atoms. The van der Waals surface area contributed by atoms with Gasteiger partial charge in [0.1, 0.15) is 5.75 Å². The quantitative estimate of drug-likeness (QED) is 0.316. The molecular formula is C13H16O4. The van der Waals surface area contributed by atoms with E-state index >= 15 is 0 Å². The van der Waals surface area contributed by atoms with Crippen LogP contribution in [-0.2, 0) is 14.6 Å². The Kier molecular flexibility index (Phi) is 5.82. The van der Waals surface area contributed by atoms with Crippen LogP contribution in [0, 0.1) is 0 Å². The number of hydrogen-bond acceptors (Lipinski definition) is 4. The summed E-state index contributed by atoms with van der Waals surface area (Å²) < 4.78 is 5.42. The Morgan fingerprint density at radius 3 is 2.59 bits per heavy atom. The lowest BCUT2D eigenvalue weighted by Gasteiger charge is -2.05. The molecule has 0 amide bonds. The smallest absolute Gasteiger partial charge is 0.368 e. The molecule has 4 heteroatoms. The van der Waals surface area contributed by atoms with Crippen LogP contribution in [0.25, 0.3) is 0 Å². The van der Waals surface area contributed by atoms with Crippen LogP contribution in [-0.4, -0.2) is 19.2 Å². The molecule has 1 rings (SSSR count). The summed E-state index contributed by atoms with van der Waals surface area (Å²) in [6, 6.07) is 9.48. The van der Waals surface area contributed by atoms with E-state index in [-0.39, 0.29) is 0 Å². The van der Waals surface area contributed by atoms with Gasteiger partial charge in [-0.15, -0.1) is 0 Å². The Labute approximate surface area is 101 Å². The SMILES string of the molecule is C=C(C)C(=O)OOCCCOc1ccccc1. The number of carbonyl (C=O) groups excluding carboxylic acids is 1. The van der Waals surface area contributed by atoms with Crippen LogP contribution in [0.15, 0.2) is 42.5 Å². The van der Waals surface area contributed by atoms with Crippen LogP contribution < -0.4 is 4.74 Å². The zero-order chi connectivity index (χ0) is 12.5. The molecule has 0 aliphatic rings. The van der Waals surface area contributed by atoms with Gasteiger partial charge in [0.15, 0.2) is 0 Å². The Bertz CT molecular complexity index is 359. The lowest BCUT2D eigenvalue weighted by Crippen LogP contribution is -2.08. The molecule has 17 heavy (non-hydrogen) atoms. The first-order chi connectivity index (χ1) is 8.20. The van der Waals surface area contributed by atoms with Gasteiger partial charge in [-0.2, -0.15) is 4.89 Å². The summed E-state index contributed by atoms with van der Waals surface area (Å²) in [7, 11) is 0. The summed E-state index contributed by atoms with van der Waals surface area (Å²) in [5.74, 6) is 0.264. The van der Waals surface area contributed by atoms with Gasteiger partial charge in [-0.25, -0.2) is 4.79 Å². The molecule has 4 nitrogen and oxygen atoms in total. The molecule has 0 aromatic heterocycles. The van der Waals surface area contributed by atoms with Crippen molar-refractivity contribution in [2.24, 2.45) is 0 Å². The van der Waals surface area contributed by atoms with Gasteiger partial charge >= 0.3 is 5.97 Å². The number of rotatable bonds is 7. The van der Waals surface area contributed by atoms with Crippen LogP contribution in [0.4, 0.5) is 0 Å². The van der Waals surface area contributed by atoms with Crippen molar-refractivity contribution in [1.29, 1.82) is 0 Å². The minimum absolute atomic E-state index is 0.297. The number of hydrogen-bond donors (Lipinski definition) is 0. The van der Waals surface area contributed by atoms with Crippen molar-refractivity contribution in [3.05, 3.63) is 42.5 Å². The summed E-state index contributed by atoms with van der Waals surface area (Å²) in [6.45, 7) is 5.80. The van der Waals surface area contributed by atoms with Crippen LogP contribution >= 0.6 is 0 Å². The maximum atomic E-state index is 10.9. The second-order valence-corrected chi connectivity index (χ2v) is 3.49. The molecule has 0 N–H and O–H groups in total. The summed E-state index contributed by atoms with van der Waals surface area (Å²) in [4.78, 5) is 20.1. The lowest BCUT2D eigenvalue weighted by atomic mass is 10.3. The molecule has 0 heterocycles. The first-order valence-corrected chi connectivity index (χ1v) is 5.37. The van der Waals surface area contributed by atoms with Gasteiger partial charge in [0.05, 0.1) is 13.2 Å². The third-order valence-corrected chi connectivity index (χ3v) is 1.87. The van der Waals surface area contributed by atoms with Gasteiger partial charge < -0.3 is 4.74 Å². The number of ether oxygens (including phenoxy) is 1. The summed E-state index contributed by atoms with van der Waals surface area (Å²) >= 11 is 0. The van der Waals surface area contributed by atoms with Crippen molar-refractivity contribution in [1.82, 2.24) is 0 Å². The summed E-state index contributed by atoms with van der Waals surface area (Å²) in [6.07, 6.45) is 0.637. The van der Waals surface area contributed by atoms with Crippen LogP contribution in [0.5, 0.6) is 5.75 Å². The van der Waals surface area contributed by atoms with Gasteiger partial charge in [-0.3, -0.25) is 4.89 Å². The van der Waals surface area contributed by atoms with Gasteiger partial charge in [0.25, 0.3) is 0 Å². The standard InChI is InChI=1S/C13H16O4/c1-11(2)13(14)17-16-10-6-9-15-12-7-4-3-5-8-12/h3-5,7-8H,1,6,9-10H2,2H3. The van der Waals surface area contributed by atoms with Crippen LogP contribution in [0.3, 0.4) is 0 Å². The average Bonchev–Trinajstić information content (AvgIpc) is 2.34. The highest BCUT2D eigenvalue weighted by Gasteiger charge is 2.03. The number of carbonyl (C=O) groups is 1. The molecule has 92 valence electrons.